The smallest absolute Gasteiger partial charge is 0.145 e. The average Bonchev–Trinajstić information content (AvgIpc) is 3.52. The lowest BCUT2D eigenvalue weighted by Crippen LogP contribution is -1.98. The van der Waals surface area contributed by atoms with Gasteiger partial charge in [0.1, 0.15) is 17.0 Å². The third kappa shape index (κ3) is 3.24. The summed E-state index contributed by atoms with van der Waals surface area (Å²) in [5.41, 5.74) is 9.63. The SMILES string of the molecule is CCc1cc(-c2cccc3c2oc2ccccc23)cc(-c2nc3ccccc3n2-c2ccccc2)c1. The van der Waals surface area contributed by atoms with Crippen LogP contribution in [0.15, 0.2) is 120 Å². The van der Waals surface area contributed by atoms with Crippen LogP contribution in [0.25, 0.3) is 61.2 Å². The van der Waals surface area contributed by atoms with Crippen molar-refractivity contribution in [1.29, 1.82) is 0 Å². The third-order valence-corrected chi connectivity index (χ3v) is 6.95. The van der Waals surface area contributed by atoms with Crippen molar-refractivity contribution in [3.05, 3.63) is 121 Å². The highest BCUT2D eigenvalue weighted by molar-refractivity contribution is 6.09. The maximum absolute atomic E-state index is 6.38. The topological polar surface area (TPSA) is 31.0 Å². The maximum atomic E-state index is 6.38. The van der Waals surface area contributed by atoms with Crippen LogP contribution in [-0.2, 0) is 6.42 Å². The van der Waals surface area contributed by atoms with Crippen molar-refractivity contribution in [3.63, 3.8) is 0 Å². The van der Waals surface area contributed by atoms with Crippen molar-refractivity contribution in [2.75, 3.05) is 0 Å². The normalized spacial score (nSPS) is 11.6. The van der Waals surface area contributed by atoms with Crippen molar-refractivity contribution < 1.29 is 4.42 Å². The summed E-state index contributed by atoms with van der Waals surface area (Å²) >= 11 is 0. The van der Waals surface area contributed by atoms with Gasteiger partial charge in [0.2, 0.25) is 0 Å². The number of hydrogen-bond acceptors (Lipinski definition) is 2. The number of para-hydroxylation sites is 5. The Labute approximate surface area is 209 Å². The lowest BCUT2D eigenvalue weighted by atomic mass is 9.96. The van der Waals surface area contributed by atoms with Crippen LogP contribution >= 0.6 is 0 Å². The molecule has 0 atom stereocenters. The minimum atomic E-state index is 0.915. The molecule has 0 aliphatic heterocycles. The summed E-state index contributed by atoms with van der Waals surface area (Å²) < 4.78 is 8.64. The summed E-state index contributed by atoms with van der Waals surface area (Å²) in [6.07, 6.45) is 0.933. The van der Waals surface area contributed by atoms with Crippen molar-refractivity contribution in [2.45, 2.75) is 13.3 Å². The second kappa shape index (κ2) is 8.24. The fraction of sp³-hybridized carbons (Fsp3) is 0.0606. The van der Waals surface area contributed by atoms with Gasteiger partial charge < -0.3 is 4.42 Å². The molecule has 0 amide bonds. The van der Waals surface area contributed by atoms with Crippen LogP contribution < -0.4 is 0 Å². The highest BCUT2D eigenvalue weighted by Gasteiger charge is 2.17. The lowest BCUT2D eigenvalue weighted by Gasteiger charge is -2.13. The molecule has 0 bridgehead atoms. The number of rotatable bonds is 4. The van der Waals surface area contributed by atoms with Crippen LogP contribution in [0, 0.1) is 0 Å². The van der Waals surface area contributed by atoms with E-state index in [4.69, 9.17) is 9.40 Å². The molecule has 0 fully saturated rings. The molecule has 3 heteroatoms. The Morgan fingerprint density at radius 1 is 0.694 bits per heavy atom. The predicted octanol–water partition coefficient (Wildman–Crippen LogP) is 8.82. The molecule has 5 aromatic carbocycles. The first kappa shape index (κ1) is 20.7. The van der Waals surface area contributed by atoms with E-state index in [2.05, 4.69) is 102 Å². The fourth-order valence-electron chi connectivity index (χ4n) is 5.21. The number of imidazole rings is 1. The zero-order chi connectivity index (χ0) is 24.1. The minimum absolute atomic E-state index is 0.915. The molecular weight excluding hydrogens is 440 g/mol. The van der Waals surface area contributed by atoms with Crippen molar-refractivity contribution >= 4 is 33.0 Å². The zero-order valence-electron chi connectivity index (χ0n) is 20.0. The predicted molar refractivity (Wildman–Crippen MR) is 149 cm³/mol. The zero-order valence-corrected chi connectivity index (χ0v) is 20.0. The van der Waals surface area contributed by atoms with E-state index in [1.807, 2.05) is 24.3 Å². The van der Waals surface area contributed by atoms with Crippen molar-refractivity contribution in [1.82, 2.24) is 9.55 Å². The standard InChI is InChI=1S/C33H24N2O/c1-2-22-19-23(26-14-10-15-28-27-13-6-9-18-31(27)36-32(26)28)21-24(20-22)33-34-29-16-7-8-17-30(29)35(33)25-11-4-3-5-12-25/h3-21H,2H2,1H3. The van der Waals surface area contributed by atoms with E-state index in [1.54, 1.807) is 0 Å². The Hall–Kier alpha value is -4.63. The summed E-state index contributed by atoms with van der Waals surface area (Å²) in [5.74, 6) is 0.940. The van der Waals surface area contributed by atoms with Gasteiger partial charge in [-0.25, -0.2) is 4.98 Å². The van der Waals surface area contributed by atoms with Gasteiger partial charge in [-0.2, -0.15) is 0 Å². The second-order valence-electron chi connectivity index (χ2n) is 9.15. The molecule has 0 unspecified atom stereocenters. The molecule has 172 valence electrons. The first-order chi connectivity index (χ1) is 17.8. The first-order valence-electron chi connectivity index (χ1n) is 12.4. The Bertz CT molecular complexity index is 1880. The van der Waals surface area contributed by atoms with E-state index < -0.39 is 0 Å². The fourth-order valence-corrected chi connectivity index (χ4v) is 5.21. The van der Waals surface area contributed by atoms with E-state index >= 15 is 0 Å². The number of benzene rings is 5. The second-order valence-corrected chi connectivity index (χ2v) is 9.15. The van der Waals surface area contributed by atoms with E-state index in [-0.39, 0.29) is 0 Å². The van der Waals surface area contributed by atoms with E-state index in [0.717, 1.165) is 67.6 Å². The van der Waals surface area contributed by atoms with Crippen LogP contribution in [0.4, 0.5) is 0 Å². The quantitative estimate of drug-likeness (QED) is 0.260. The summed E-state index contributed by atoms with van der Waals surface area (Å²) in [7, 11) is 0. The van der Waals surface area contributed by atoms with Gasteiger partial charge in [0.15, 0.2) is 0 Å². The molecule has 36 heavy (non-hydrogen) atoms. The molecule has 7 rings (SSSR count). The summed E-state index contributed by atoms with van der Waals surface area (Å²) in [5, 5.41) is 2.29. The van der Waals surface area contributed by atoms with Gasteiger partial charge >= 0.3 is 0 Å². The molecule has 0 saturated heterocycles. The Morgan fingerprint density at radius 3 is 2.33 bits per heavy atom. The molecule has 3 nitrogen and oxygen atoms in total. The van der Waals surface area contributed by atoms with Crippen LogP contribution in [0.1, 0.15) is 12.5 Å². The van der Waals surface area contributed by atoms with Crippen molar-refractivity contribution in [3.8, 4) is 28.2 Å². The molecule has 7 aromatic rings. The Balaban J connectivity index is 1.50. The van der Waals surface area contributed by atoms with Gasteiger partial charge in [0.25, 0.3) is 0 Å². The Kier molecular flexibility index (Phi) is 4.74. The largest absolute Gasteiger partial charge is 0.455 e. The van der Waals surface area contributed by atoms with Gasteiger partial charge in [-0.15, -0.1) is 0 Å². The van der Waals surface area contributed by atoms with Gasteiger partial charge in [-0.3, -0.25) is 4.57 Å². The maximum Gasteiger partial charge on any atom is 0.145 e. The number of furan rings is 1. The van der Waals surface area contributed by atoms with Crippen molar-refractivity contribution in [2.24, 2.45) is 0 Å². The van der Waals surface area contributed by atoms with Crippen LogP contribution in [-0.4, -0.2) is 9.55 Å². The monoisotopic (exact) mass is 464 g/mol. The molecule has 0 radical (unpaired) electrons. The summed E-state index contributed by atoms with van der Waals surface area (Å²) in [4.78, 5) is 5.11. The number of nitrogens with zero attached hydrogens (tertiary/aromatic N) is 2. The molecule has 2 aromatic heterocycles. The van der Waals surface area contributed by atoms with Crippen LogP contribution in [0.2, 0.25) is 0 Å². The van der Waals surface area contributed by atoms with Gasteiger partial charge in [-0.05, 0) is 60.0 Å². The molecule has 0 aliphatic carbocycles. The number of aryl methyl sites for hydroxylation is 1. The number of fused-ring (bicyclic) bond motifs is 4. The molecule has 2 heterocycles. The highest BCUT2D eigenvalue weighted by Crippen LogP contribution is 2.38. The van der Waals surface area contributed by atoms with Gasteiger partial charge in [-0.1, -0.05) is 79.7 Å². The highest BCUT2D eigenvalue weighted by atomic mass is 16.3. The van der Waals surface area contributed by atoms with E-state index in [0.29, 0.717) is 0 Å². The van der Waals surface area contributed by atoms with E-state index in [9.17, 15) is 0 Å². The number of hydrogen-bond donors (Lipinski definition) is 0. The Morgan fingerprint density at radius 2 is 1.44 bits per heavy atom. The average molecular weight is 465 g/mol. The third-order valence-electron chi connectivity index (χ3n) is 6.95. The lowest BCUT2D eigenvalue weighted by molar-refractivity contribution is 0.670. The van der Waals surface area contributed by atoms with Crippen LogP contribution in [0.5, 0.6) is 0 Å². The molecule has 0 N–H and O–H groups in total. The molecule has 0 aliphatic rings. The van der Waals surface area contributed by atoms with Gasteiger partial charge in [0.05, 0.1) is 11.0 Å². The van der Waals surface area contributed by atoms with E-state index in [1.165, 1.54) is 5.56 Å². The molecular formula is C33H24N2O. The molecule has 0 saturated carbocycles. The van der Waals surface area contributed by atoms with Crippen LogP contribution in [0.3, 0.4) is 0 Å². The number of aromatic nitrogens is 2. The summed E-state index contributed by atoms with van der Waals surface area (Å²) in [6, 6.07) is 40.3. The van der Waals surface area contributed by atoms with Gasteiger partial charge in [0, 0.05) is 27.6 Å². The molecule has 0 spiro atoms. The first-order valence-corrected chi connectivity index (χ1v) is 12.4. The minimum Gasteiger partial charge on any atom is -0.455 e. The summed E-state index contributed by atoms with van der Waals surface area (Å²) in [6.45, 7) is 2.20.